The van der Waals surface area contributed by atoms with Crippen LogP contribution in [0.3, 0.4) is 0 Å². The summed E-state index contributed by atoms with van der Waals surface area (Å²) in [6.07, 6.45) is 33.4. The van der Waals surface area contributed by atoms with Crippen LogP contribution in [0.1, 0.15) is 318 Å². The molecule has 420 valence electrons. The van der Waals surface area contributed by atoms with Crippen molar-refractivity contribution in [2.45, 2.75) is 261 Å². The molecule has 2 aromatic rings. The highest BCUT2D eigenvalue weighted by Gasteiger charge is 2.37. The van der Waals surface area contributed by atoms with E-state index < -0.39 is 46.4 Å². The average Bonchev–Trinajstić information content (AvgIpc) is 3.37. The summed E-state index contributed by atoms with van der Waals surface area (Å²) in [5.41, 5.74) is -1.63. The van der Waals surface area contributed by atoms with Crippen molar-refractivity contribution in [3.63, 3.8) is 0 Å². The van der Waals surface area contributed by atoms with Crippen LogP contribution in [0.5, 0.6) is 0 Å². The van der Waals surface area contributed by atoms with E-state index in [4.69, 9.17) is 18.9 Å². The molecule has 0 heterocycles. The molecule has 0 aliphatic carbocycles. The highest BCUT2D eigenvalue weighted by molar-refractivity contribution is 6.22. The molecule has 0 radical (unpaired) electrons. The monoisotopic (exact) mass is 1030 g/mol. The van der Waals surface area contributed by atoms with E-state index in [1.54, 1.807) is 30.3 Å². The van der Waals surface area contributed by atoms with Gasteiger partial charge in [0.05, 0.1) is 48.7 Å². The molecule has 0 fully saturated rings. The van der Waals surface area contributed by atoms with Crippen molar-refractivity contribution in [2.75, 3.05) is 26.4 Å². The maximum Gasteiger partial charge on any atom is 0.339 e. The third-order valence-corrected chi connectivity index (χ3v) is 14.1. The van der Waals surface area contributed by atoms with Gasteiger partial charge in [0.15, 0.2) is 5.78 Å². The minimum absolute atomic E-state index is 0.0263. The van der Waals surface area contributed by atoms with E-state index in [9.17, 15) is 24.0 Å². The number of hydrogen-bond acceptors (Lipinski definition) is 9. The number of rotatable bonds is 46. The van der Waals surface area contributed by atoms with Crippen LogP contribution in [-0.4, -0.2) is 56.1 Å². The van der Waals surface area contributed by atoms with Crippen LogP contribution < -0.4 is 0 Å². The third-order valence-electron chi connectivity index (χ3n) is 14.1. The van der Waals surface area contributed by atoms with Gasteiger partial charge in [0.25, 0.3) is 0 Å². The molecule has 74 heavy (non-hydrogen) atoms. The Balaban J connectivity index is 2.51. The molecule has 2 rings (SSSR count). The van der Waals surface area contributed by atoms with E-state index >= 15 is 0 Å². The minimum Gasteiger partial charge on any atom is -0.462 e. The molecule has 0 spiro atoms. The van der Waals surface area contributed by atoms with Crippen molar-refractivity contribution in [1.82, 2.24) is 0 Å². The number of esters is 4. The van der Waals surface area contributed by atoms with Gasteiger partial charge < -0.3 is 18.9 Å². The molecule has 9 nitrogen and oxygen atoms in total. The second kappa shape index (κ2) is 42.1. The highest BCUT2D eigenvalue weighted by Crippen LogP contribution is 2.31. The predicted octanol–water partition coefficient (Wildman–Crippen LogP) is 18.7. The lowest BCUT2D eigenvalue weighted by Gasteiger charge is -2.20. The summed E-state index contributed by atoms with van der Waals surface area (Å²) < 4.78 is 23.6. The number of benzene rings is 2. The lowest BCUT2D eigenvalue weighted by molar-refractivity contribution is 0.0414. The number of ether oxygens (including phenoxy) is 4. The number of ketones is 1. The van der Waals surface area contributed by atoms with Gasteiger partial charge in [-0.15, -0.1) is 0 Å². The quantitative estimate of drug-likeness (QED) is 0.0276. The first kappa shape index (κ1) is 66.1. The molecular weight excluding hydrogens is 925 g/mol. The Hall–Kier alpha value is -4.01. The normalized spacial score (nSPS) is 11.5. The summed E-state index contributed by atoms with van der Waals surface area (Å²) >= 11 is 0. The van der Waals surface area contributed by atoms with Crippen LogP contribution >= 0.6 is 0 Å². The lowest BCUT2D eigenvalue weighted by Crippen LogP contribution is -2.27. The van der Waals surface area contributed by atoms with Crippen molar-refractivity contribution in [2.24, 2.45) is 23.7 Å². The van der Waals surface area contributed by atoms with Gasteiger partial charge >= 0.3 is 23.9 Å². The molecule has 0 aromatic heterocycles. The molecule has 0 aliphatic heterocycles. The van der Waals surface area contributed by atoms with Gasteiger partial charge in [-0.3, -0.25) is 4.79 Å². The minimum atomic E-state index is -0.988. The van der Waals surface area contributed by atoms with E-state index in [2.05, 4.69) is 55.4 Å². The highest BCUT2D eigenvalue weighted by atomic mass is 16.5. The Morgan fingerprint density at radius 3 is 0.878 bits per heavy atom. The summed E-state index contributed by atoms with van der Waals surface area (Å²) in [5, 5.41) is 0. The molecule has 2 aromatic carbocycles. The SMILES string of the molecule is CC(C)CCCCCCCCCOC(=O)c1cc(C(=O)c2ccccc2)c(C(=O)OCCCCCCCCCC(C)C)c(C(=O)OCCCCCCCCCC(C)C)c1C(=O)OCCCCCCCCCC(C)C. The van der Waals surface area contributed by atoms with Crippen LogP contribution in [0.15, 0.2) is 36.4 Å². The van der Waals surface area contributed by atoms with Crippen molar-refractivity contribution in [3.05, 3.63) is 69.8 Å². The zero-order valence-electron chi connectivity index (χ0n) is 48.4. The molecule has 0 atom stereocenters. The maximum absolute atomic E-state index is 14.7. The van der Waals surface area contributed by atoms with Crippen LogP contribution in [0, 0.1) is 23.7 Å². The summed E-state index contributed by atoms with van der Waals surface area (Å²) in [7, 11) is 0. The first-order valence-electron chi connectivity index (χ1n) is 30.2. The molecule has 0 aliphatic rings. The van der Waals surface area contributed by atoms with Gasteiger partial charge in [0, 0.05) is 11.1 Å². The molecule has 0 unspecified atom stereocenters. The summed E-state index contributed by atoms with van der Waals surface area (Å²) in [4.78, 5) is 72.9. The Bertz CT molecular complexity index is 1810. The largest absolute Gasteiger partial charge is 0.462 e. The molecule has 0 saturated carbocycles. The van der Waals surface area contributed by atoms with Crippen LogP contribution in [-0.2, 0) is 18.9 Å². The second-order valence-electron chi connectivity index (χ2n) is 23.0. The second-order valence-corrected chi connectivity index (χ2v) is 23.0. The van der Waals surface area contributed by atoms with Gasteiger partial charge in [-0.05, 0) is 55.4 Å². The van der Waals surface area contributed by atoms with Gasteiger partial charge in [-0.25, -0.2) is 19.2 Å². The number of carbonyl (C=O) groups is 5. The van der Waals surface area contributed by atoms with Crippen LogP contribution in [0.4, 0.5) is 0 Å². The first-order valence-corrected chi connectivity index (χ1v) is 30.2. The number of hydrogen-bond donors (Lipinski definition) is 0. The van der Waals surface area contributed by atoms with E-state index in [1.807, 2.05) is 0 Å². The van der Waals surface area contributed by atoms with Gasteiger partial charge in [-0.2, -0.15) is 0 Å². The van der Waals surface area contributed by atoms with Gasteiger partial charge in [0.1, 0.15) is 0 Å². The zero-order chi connectivity index (χ0) is 54.2. The molecule has 9 heteroatoms. The number of unbranched alkanes of at least 4 members (excludes halogenated alkanes) is 24. The zero-order valence-corrected chi connectivity index (χ0v) is 48.4. The lowest BCUT2D eigenvalue weighted by atomic mass is 9.87. The van der Waals surface area contributed by atoms with Crippen molar-refractivity contribution >= 4 is 29.7 Å². The van der Waals surface area contributed by atoms with Crippen molar-refractivity contribution in [1.29, 1.82) is 0 Å². The Kier molecular flexibility index (Phi) is 37.6. The standard InChI is InChI=1S/C65H106O9/c1-51(2)40-30-21-13-9-17-25-36-46-71-62(67)57-50-56(61(66)55-44-34-29-35-45-55)58(63(68)72-47-37-26-18-10-14-22-31-41-52(3)4)60(65(70)74-49-39-28-20-12-16-24-33-43-54(7)8)59(57)64(69)73-48-38-27-19-11-15-23-32-42-53(5)6/h29,34-35,44-45,50-54H,9-28,30-33,36-43,46-49H2,1-8H3. The summed E-state index contributed by atoms with van der Waals surface area (Å²) in [5.74, 6) is -1.53. The first-order chi connectivity index (χ1) is 35.7. The van der Waals surface area contributed by atoms with E-state index in [-0.39, 0.29) is 43.1 Å². The Morgan fingerprint density at radius 2 is 0.568 bits per heavy atom. The number of carbonyl (C=O) groups excluding carboxylic acids is 5. The fourth-order valence-electron chi connectivity index (χ4n) is 9.50. The Labute approximate surface area is 451 Å². The molecule has 0 amide bonds. The van der Waals surface area contributed by atoms with E-state index in [1.165, 1.54) is 89.5 Å². The van der Waals surface area contributed by atoms with Crippen LogP contribution in [0.2, 0.25) is 0 Å². The maximum atomic E-state index is 14.7. The predicted molar refractivity (Wildman–Crippen MR) is 305 cm³/mol. The molecule has 0 N–H and O–H groups in total. The fourth-order valence-corrected chi connectivity index (χ4v) is 9.50. The smallest absolute Gasteiger partial charge is 0.339 e. The Morgan fingerprint density at radius 1 is 0.311 bits per heavy atom. The summed E-state index contributed by atoms with van der Waals surface area (Å²) in [6.45, 7) is 18.2. The third kappa shape index (κ3) is 30.5. The van der Waals surface area contributed by atoms with Crippen LogP contribution in [0.25, 0.3) is 0 Å². The summed E-state index contributed by atoms with van der Waals surface area (Å²) in [6, 6.07) is 9.64. The average molecular weight is 1030 g/mol. The molecule has 0 saturated heterocycles. The fraction of sp³-hybridized carbons (Fsp3) is 0.738. The van der Waals surface area contributed by atoms with Gasteiger partial charge in [-0.1, -0.05) is 266 Å². The van der Waals surface area contributed by atoms with Crippen molar-refractivity contribution < 1.29 is 42.9 Å². The molecular formula is C65H106O9. The van der Waals surface area contributed by atoms with E-state index in [0.29, 0.717) is 49.4 Å². The molecule has 0 bridgehead atoms. The topological polar surface area (TPSA) is 122 Å². The van der Waals surface area contributed by atoms with Gasteiger partial charge in [0.2, 0.25) is 0 Å². The van der Waals surface area contributed by atoms with E-state index in [0.717, 1.165) is 96.3 Å². The van der Waals surface area contributed by atoms with Crippen molar-refractivity contribution in [3.8, 4) is 0 Å².